The van der Waals surface area contributed by atoms with Crippen molar-refractivity contribution < 1.29 is 13.2 Å². The highest BCUT2D eigenvalue weighted by Gasteiger charge is 2.22. The van der Waals surface area contributed by atoms with Gasteiger partial charge in [-0.3, -0.25) is 9.69 Å². The molecular formula is C19H23ClN2O3S2. The van der Waals surface area contributed by atoms with Gasteiger partial charge in [0.1, 0.15) is 9.84 Å². The monoisotopic (exact) mass is 426 g/mol. The van der Waals surface area contributed by atoms with Gasteiger partial charge < -0.3 is 4.90 Å². The average molecular weight is 427 g/mol. The Labute approximate surface area is 169 Å². The zero-order chi connectivity index (χ0) is 19.4. The van der Waals surface area contributed by atoms with Crippen molar-refractivity contribution in [3.05, 3.63) is 41.4 Å². The Morgan fingerprint density at radius 1 is 1.11 bits per heavy atom. The number of amides is 1. The van der Waals surface area contributed by atoms with E-state index in [-0.39, 0.29) is 11.7 Å². The van der Waals surface area contributed by atoms with Crippen LogP contribution < -0.4 is 0 Å². The van der Waals surface area contributed by atoms with E-state index in [2.05, 4.69) is 4.90 Å². The van der Waals surface area contributed by atoms with Gasteiger partial charge in [0.25, 0.3) is 0 Å². The second-order valence-corrected chi connectivity index (χ2v) is 10.4. The number of piperazine rings is 1. The number of halogens is 1. The quantitative estimate of drug-likeness (QED) is 0.665. The highest BCUT2D eigenvalue weighted by molar-refractivity contribution is 8.00. The third-order valence-corrected chi connectivity index (χ3v) is 6.95. The van der Waals surface area contributed by atoms with Gasteiger partial charge in [0.05, 0.1) is 11.5 Å². The van der Waals surface area contributed by atoms with Crippen LogP contribution in [0.2, 0.25) is 5.02 Å². The fourth-order valence-electron chi connectivity index (χ4n) is 3.13. The van der Waals surface area contributed by atoms with Crippen LogP contribution in [-0.2, 0) is 14.6 Å². The molecule has 1 aliphatic rings. The number of fused-ring (bicyclic) bond motifs is 1. The maximum Gasteiger partial charge on any atom is 0.233 e. The van der Waals surface area contributed by atoms with E-state index in [0.717, 1.165) is 15.7 Å². The lowest BCUT2D eigenvalue weighted by Crippen LogP contribution is -2.50. The van der Waals surface area contributed by atoms with E-state index < -0.39 is 9.84 Å². The highest BCUT2D eigenvalue weighted by Crippen LogP contribution is 2.33. The molecule has 0 N–H and O–H groups in total. The van der Waals surface area contributed by atoms with Gasteiger partial charge in [0.2, 0.25) is 5.91 Å². The standard InChI is InChI=1S/C19H23ClN2O3S2/c1-27(24,25)13-12-21-8-10-22(11-9-21)18(23)14-26-17-7-3-5-15-4-2-6-16(20)19(15)17/h2-7H,8-14H2,1H3. The van der Waals surface area contributed by atoms with Crippen LogP contribution in [0.1, 0.15) is 0 Å². The minimum atomic E-state index is -2.95. The molecule has 3 rings (SSSR count). The molecule has 0 unspecified atom stereocenters. The van der Waals surface area contributed by atoms with E-state index in [1.165, 1.54) is 18.0 Å². The summed E-state index contributed by atoms with van der Waals surface area (Å²) in [6, 6.07) is 11.8. The number of carbonyl (C=O) groups is 1. The van der Waals surface area contributed by atoms with E-state index in [4.69, 9.17) is 11.6 Å². The molecule has 0 spiro atoms. The molecule has 27 heavy (non-hydrogen) atoms. The lowest BCUT2D eigenvalue weighted by Gasteiger charge is -2.34. The molecule has 2 aromatic rings. The Hall–Kier alpha value is -1.28. The molecule has 8 heteroatoms. The summed E-state index contributed by atoms with van der Waals surface area (Å²) >= 11 is 7.86. The van der Waals surface area contributed by atoms with Crippen LogP contribution in [0.25, 0.3) is 10.8 Å². The van der Waals surface area contributed by atoms with Crippen molar-refractivity contribution >= 4 is 49.9 Å². The first kappa shape index (κ1) is 20.5. The van der Waals surface area contributed by atoms with Gasteiger partial charge in [-0.15, -0.1) is 11.8 Å². The lowest BCUT2D eigenvalue weighted by atomic mass is 10.1. The molecule has 1 heterocycles. The maximum atomic E-state index is 12.6. The van der Waals surface area contributed by atoms with Crippen molar-refractivity contribution in [1.82, 2.24) is 9.80 Å². The number of benzene rings is 2. The second kappa shape index (κ2) is 8.82. The average Bonchev–Trinajstić information content (AvgIpc) is 2.64. The summed E-state index contributed by atoms with van der Waals surface area (Å²) in [5.74, 6) is 0.638. The zero-order valence-corrected chi connectivity index (χ0v) is 17.6. The summed E-state index contributed by atoms with van der Waals surface area (Å²) in [5, 5.41) is 2.76. The first-order valence-electron chi connectivity index (χ1n) is 8.81. The van der Waals surface area contributed by atoms with Crippen LogP contribution >= 0.6 is 23.4 Å². The highest BCUT2D eigenvalue weighted by atomic mass is 35.5. The molecule has 0 aliphatic carbocycles. The molecule has 2 aromatic carbocycles. The van der Waals surface area contributed by atoms with E-state index >= 15 is 0 Å². The molecular weight excluding hydrogens is 404 g/mol. The van der Waals surface area contributed by atoms with Crippen LogP contribution in [0, 0.1) is 0 Å². The molecule has 0 saturated carbocycles. The summed E-state index contributed by atoms with van der Waals surface area (Å²) in [5.41, 5.74) is 0. The third kappa shape index (κ3) is 5.60. The summed E-state index contributed by atoms with van der Waals surface area (Å²) in [6.07, 6.45) is 1.25. The minimum absolute atomic E-state index is 0.104. The van der Waals surface area contributed by atoms with Crippen molar-refractivity contribution in [2.75, 3.05) is 50.5 Å². The predicted octanol–water partition coefficient (Wildman–Crippen LogP) is 2.77. The first-order chi connectivity index (χ1) is 12.8. The maximum absolute atomic E-state index is 12.6. The van der Waals surface area contributed by atoms with Gasteiger partial charge in [-0.2, -0.15) is 0 Å². The molecule has 1 saturated heterocycles. The number of carbonyl (C=O) groups excluding carboxylic acids is 1. The Morgan fingerprint density at radius 2 is 1.78 bits per heavy atom. The van der Waals surface area contributed by atoms with Crippen LogP contribution in [0.4, 0.5) is 0 Å². The van der Waals surface area contributed by atoms with Gasteiger partial charge in [0.15, 0.2) is 0 Å². The molecule has 0 aromatic heterocycles. The zero-order valence-electron chi connectivity index (χ0n) is 15.2. The van der Waals surface area contributed by atoms with Crippen molar-refractivity contribution in [2.45, 2.75) is 4.90 Å². The number of rotatable bonds is 6. The molecule has 1 aliphatic heterocycles. The fraction of sp³-hybridized carbons (Fsp3) is 0.421. The fourth-order valence-corrected chi connectivity index (χ4v) is 5.07. The topological polar surface area (TPSA) is 57.7 Å². The second-order valence-electron chi connectivity index (χ2n) is 6.74. The third-order valence-electron chi connectivity index (χ3n) is 4.67. The molecule has 0 atom stereocenters. The largest absolute Gasteiger partial charge is 0.339 e. The Morgan fingerprint density at radius 3 is 2.44 bits per heavy atom. The summed E-state index contributed by atoms with van der Waals surface area (Å²) in [4.78, 5) is 17.5. The van der Waals surface area contributed by atoms with Crippen molar-refractivity contribution in [2.24, 2.45) is 0 Å². The molecule has 1 amide bonds. The summed E-state index contributed by atoms with van der Waals surface area (Å²) in [6.45, 7) is 3.24. The SMILES string of the molecule is CS(=O)(=O)CCN1CCN(C(=O)CSc2cccc3cccc(Cl)c23)CC1. The molecule has 5 nitrogen and oxygen atoms in total. The van der Waals surface area contributed by atoms with Gasteiger partial charge in [-0.25, -0.2) is 8.42 Å². The Kier molecular flexibility index (Phi) is 6.68. The number of sulfone groups is 1. The number of hydrogen-bond acceptors (Lipinski definition) is 5. The summed E-state index contributed by atoms with van der Waals surface area (Å²) in [7, 11) is -2.95. The smallest absolute Gasteiger partial charge is 0.233 e. The molecule has 0 radical (unpaired) electrons. The summed E-state index contributed by atoms with van der Waals surface area (Å²) < 4.78 is 22.6. The van der Waals surface area contributed by atoms with E-state index in [9.17, 15) is 13.2 Å². The van der Waals surface area contributed by atoms with E-state index in [0.29, 0.717) is 43.5 Å². The van der Waals surface area contributed by atoms with Gasteiger partial charge >= 0.3 is 0 Å². The number of hydrogen-bond donors (Lipinski definition) is 0. The van der Waals surface area contributed by atoms with Crippen LogP contribution in [0.3, 0.4) is 0 Å². The van der Waals surface area contributed by atoms with Gasteiger partial charge in [-0.1, -0.05) is 35.9 Å². The van der Waals surface area contributed by atoms with Crippen molar-refractivity contribution in [3.8, 4) is 0 Å². The van der Waals surface area contributed by atoms with Crippen LogP contribution in [-0.4, -0.2) is 74.6 Å². The van der Waals surface area contributed by atoms with Crippen molar-refractivity contribution in [1.29, 1.82) is 0 Å². The van der Waals surface area contributed by atoms with E-state index in [1.54, 1.807) is 0 Å². The molecule has 1 fully saturated rings. The molecule has 0 bridgehead atoms. The lowest BCUT2D eigenvalue weighted by molar-refractivity contribution is -0.130. The number of thioether (sulfide) groups is 1. The van der Waals surface area contributed by atoms with Crippen LogP contribution in [0.5, 0.6) is 0 Å². The Bertz CT molecular complexity index is 920. The van der Waals surface area contributed by atoms with E-state index in [1.807, 2.05) is 41.3 Å². The Balaban J connectivity index is 1.54. The predicted molar refractivity (Wildman–Crippen MR) is 112 cm³/mol. The minimum Gasteiger partial charge on any atom is -0.339 e. The van der Waals surface area contributed by atoms with Crippen LogP contribution in [0.15, 0.2) is 41.3 Å². The van der Waals surface area contributed by atoms with Gasteiger partial charge in [-0.05, 0) is 17.5 Å². The first-order valence-corrected chi connectivity index (χ1v) is 12.2. The van der Waals surface area contributed by atoms with Gasteiger partial charge in [0, 0.05) is 54.3 Å². The number of nitrogens with zero attached hydrogens (tertiary/aromatic N) is 2. The van der Waals surface area contributed by atoms with Crippen molar-refractivity contribution in [3.63, 3.8) is 0 Å². The molecule has 146 valence electrons. The normalized spacial score (nSPS) is 16.0.